The SMILES string of the molecule is CC[C@@]1(O)C(=O)OCc2c1cc1n(c2=O)Cc2c-1nc1cc(F)c(C)c3c1c2[C@@H](NC(=O)OCc1ccc(NC(=O)[C@H](CCCNC(N)=O)NC(=O)[C@@H](NC(=O)CCOCCOCCOCCOCCC(=O)NCCNc2ncc(-c4cc(C)cc(F)c4)c(N4CCC(N)CC4)c2-c2nc4ccc(Cl)cc4[nH]2)C(C)C)c(O[C@@H]2O[C@H](C(=O)O)[C@@H](O)[C@H](O)[C@H]2O)c1)CC3. The van der Waals surface area contributed by atoms with Crippen molar-refractivity contribution in [3.8, 4) is 39.7 Å². The molecule has 17 N–H and O–H groups in total. The first-order valence-electron chi connectivity index (χ1n) is 42.1. The van der Waals surface area contributed by atoms with Crippen LogP contribution < -0.4 is 63.9 Å². The third kappa shape index (κ3) is 21.6. The lowest BCUT2D eigenvalue weighted by Crippen LogP contribution is -2.61. The molecule has 4 aromatic carbocycles. The molecule has 0 bridgehead atoms. The molecule has 7 amide bonds. The Morgan fingerprint density at radius 2 is 1.50 bits per heavy atom. The maximum absolute atomic E-state index is 15.7. The van der Waals surface area contributed by atoms with Crippen LogP contribution in [-0.2, 0) is 93.7 Å². The number of rotatable bonds is 39. The number of amides is 7. The predicted molar refractivity (Wildman–Crippen MR) is 457 cm³/mol. The monoisotopic (exact) mass is 1780 g/mol. The Kier molecular flexibility index (Phi) is 30.3. The highest BCUT2D eigenvalue weighted by molar-refractivity contribution is 6.31. The highest BCUT2D eigenvalue weighted by Gasteiger charge is 2.50. The van der Waals surface area contributed by atoms with Crippen molar-refractivity contribution in [2.45, 2.75) is 173 Å². The van der Waals surface area contributed by atoms with Gasteiger partial charge in [-0.2, -0.15) is 0 Å². The second-order valence-electron chi connectivity index (χ2n) is 32.1. The van der Waals surface area contributed by atoms with E-state index in [0.717, 1.165) is 35.2 Å². The molecule has 0 saturated carbocycles. The van der Waals surface area contributed by atoms with Gasteiger partial charge in [-0.1, -0.05) is 44.5 Å². The van der Waals surface area contributed by atoms with E-state index in [-0.39, 0.29) is 187 Å². The minimum Gasteiger partial charge on any atom is -0.479 e. The number of anilines is 3. The maximum atomic E-state index is 15.7. The van der Waals surface area contributed by atoms with E-state index < -0.39 is 120 Å². The van der Waals surface area contributed by atoms with Gasteiger partial charge in [-0.15, -0.1) is 0 Å². The fraction of sp³-hybridized carbons (Fsp3) is 0.471. The van der Waals surface area contributed by atoms with E-state index >= 15 is 8.78 Å². The molecule has 680 valence electrons. The summed E-state index contributed by atoms with van der Waals surface area (Å²) in [6.07, 6.45) is -8.11. The molecule has 0 radical (unpaired) electrons. The van der Waals surface area contributed by atoms with Gasteiger partial charge in [0.05, 0.1) is 116 Å². The molecule has 2 fully saturated rings. The zero-order chi connectivity index (χ0) is 90.7. The van der Waals surface area contributed by atoms with Gasteiger partial charge in [0.15, 0.2) is 11.7 Å². The van der Waals surface area contributed by atoms with E-state index in [0.29, 0.717) is 80.6 Å². The number of aromatic nitrogens is 5. The molecule has 5 aliphatic rings. The van der Waals surface area contributed by atoms with E-state index in [1.807, 2.05) is 19.1 Å². The number of imidazole rings is 1. The maximum Gasteiger partial charge on any atom is 0.407 e. The van der Waals surface area contributed by atoms with Gasteiger partial charge in [0.2, 0.25) is 29.9 Å². The van der Waals surface area contributed by atoms with E-state index in [1.165, 1.54) is 47.0 Å². The van der Waals surface area contributed by atoms with Crippen molar-refractivity contribution in [1.82, 2.24) is 51.1 Å². The number of hydrogen-bond acceptors (Lipinski definition) is 27. The number of fused-ring (bicyclic) bond motifs is 6. The number of urea groups is 1. The van der Waals surface area contributed by atoms with Crippen molar-refractivity contribution in [3.63, 3.8) is 0 Å². The second-order valence-corrected chi connectivity index (χ2v) is 32.6. The molecule has 9 atom stereocenters. The number of benzene rings is 4. The highest BCUT2D eigenvalue weighted by atomic mass is 35.5. The first kappa shape index (κ1) is 93.0. The Morgan fingerprint density at radius 3 is 2.20 bits per heavy atom. The number of piperidine rings is 1. The van der Waals surface area contributed by atoms with Gasteiger partial charge in [-0.3, -0.25) is 24.0 Å². The minimum absolute atomic E-state index is 0.0416. The Morgan fingerprint density at radius 1 is 0.787 bits per heavy atom. The zero-order valence-corrected chi connectivity index (χ0v) is 71.3. The average molecular weight is 1790 g/mol. The standard InChI is InChI=1S/C87H104ClF2N15O22/c1-6-87(119)55-37-63-71-53(40-105(63)81(113)54(55)42-124-84(87)116)68-59(14-11-51-45(5)56(90)38-62(97-71)67(51)68)102-86(118)125-41-46-9-12-58(64(34-46)126-83-75(110)73(108)74(109)76(127-83)82(114)115)100-79(111)60(8-7-19-95-85(92)117)101-80(112)70(43(2)3)103-66(107)18-25-121-27-29-123-31-30-122-28-26-120-24-17-65(106)93-20-21-94-77-69(78-98-57-13-10-48(88)36-61(57)99-78)72(104-22-15-50(91)16-23-104)52(39-96-77)47-32-44(4)33-49(89)35-47/h9-10,12-13,32-39,43,50,59-60,70,73-76,83,108-110,119H,6-8,11,14-31,40-42,91H2,1-5H3,(H,93,106)(H,94,96)(H,98,99)(H,100,111)(H,101,112)(H,102,118)(H,103,107)(H,114,115)(H3,92,95,117)/t59-,60-,70-,73-,74-,75+,76-,83+,87-/m0/s1. The van der Waals surface area contributed by atoms with Crippen LogP contribution in [0.5, 0.6) is 5.75 Å². The van der Waals surface area contributed by atoms with Crippen LogP contribution in [0.4, 0.5) is 35.6 Å². The number of H-pyrrole nitrogens is 1. The summed E-state index contributed by atoms with van der Waals surface area (Å²) in [7, 11) is 0. The molecule has 40 heteroatoms. The number of aliphatic carboxylic acids is 1. The molecule has 2 saturated heterocycles. The Bertz CT molecular complexity index is 5500. The number of nitrogens with one attached hydrogen (secondary N) is 8. The van der Waals surface area contributed by atoms with Gasteiger partial charge in [-0.05, 0) is 147 Å². The third-order valence-electron chi connectivity index (χ3n) is 23.0. The molecule has 0 spiro atoms. The molecule has 8 aromatic rings. The number of aryl methyl sites for hydroxylation is 2. The van der Waals surface area contributed by atoms with Crippen LogP contribution in [0.1, 0.15) is 123 Å². The number of pyridine rings is 3. The molecule has 1 aliphatic carbocycles. The van der Waals surface area contributed by atoms with Gasteiger partial charge < -0.3 is 127 Å². The Hall–Kier alpha value is -11.6. The summed E-state index contributed by atoms with van der Waals surface area (Å²) in [5, 5.41) is 74.7. The Balaban J connectivity index is 0.565. The summed E-state index contributed by atoms with van der Waals surface area (Å²) in [4.78, 5) is 141. The number of esters is 1. The quantitative estimate of drug-likeness (QED) is 0.0169. The fourth-order valence-electron chi connectivity index (χ4n) is 16.3. The van der Waals surface area contributed by atoms with Crippen LogP contribution in [0.2, 0.25) is 5.02 Å². The number of nitrogens with two attached hydrogens (primary N) is 2. The van der Waals surface area contributed by atoms with Gasteiger partial charge in [0, 0.05) is 91.0 Å². The van der Waals surface area contributed by atoms with E-state index in [2.05, 4.69) is 47.1 Å². The van der Waals surface area contributed by atoms with E-state index in [1.54, 1.807) is 46.0 Å². The number of carboxylic acid groups (broad SMARTS) is 1. The number of carbonyl (C=O) groups is 8. The molecule has 4 aliphatic heterocycles. The van der Waals surface area contributed by atoms with E-state index in [4.69, 9.17) is 75.9 Å². The third-order valence-corrected chi connectivity index (χ3v) is 23.2. The van der Waals surface area contributed by atoms with Crippen LogP contribution >= 0.6 is 11.6 Å². The number of primary amides is 1. The predicted octanol–water partition coefficient (Wildman–Crippen LogP) is 5.43. The summed E-state index contributed by atoms with van der Waals surface area (Å²) in [6.45, 7) is 10.4. The van der Waals surface area contributed by atoms with Crippen LogP contribution in [0, 0.1) is 31.4 Å². The van der Waals surface area contributed by atoms with Crippen molar-refractivity contribution in [2.75, 3.05) is 101 Å². The molecule has 8 heterocycles. The number of aliphatic hydroxyl groups excluding tert-OH is 3. The van der Waals surface area contributed by atoms with Crippen molar-refractivity contribution >= 4 is 98.4 Å². The second kappa shape index (κ2) is 41.4. The molecular formula is C87H104ClF2N15O22. The number of aromatic amines is 1. The summed E-state index contributed by atoms with van der Waals surface area (Å²) in [6, 6.07) is 12.6. The fourth-order valence-corrected chi connectivity index (χ4v) is 16.5. The topological polar surface area (TPSA) is 528 Å². The van der Waals surface area contributed by atoms with E-state index in [9.17, 15) is 68.7 Å². The summed E-state index contributed by atoms with van der Waals surface area (Å²) >= 11 is 6.39. The summed E-state index contributed by atoms with van der Waals surface area (Å²) in [5.74, 6) is -5.98. The number of aliphatic hydroxyl groups is 4. The zero-order valence-electron chi connectivity index (χ0n) is 70.6. The van der Waals surface area contributed by atoms with Crippen LogP contribution in [0.3, 0.4) is 0 Å². The van der Waals surface area contributed by atoms with Gasteiger partial charge in [0.1, 0.15) is 72.6 Å². The minimum atomic E-state index is -2.14. The van der Waals surface area contributed by atoms with Gasteiger partial charge in [-0.25, -0.2) is 42.9 Å². The van der Waals surface area contributed by atoms with Crippen molar-refractivity contribution in [2.24, 2.45) is 17.4 Å². The summed E-state index contributed by atoms with van der Waals surface area (Å²) in [5.41, 5.74) is 16.9. The molecule has 127 heavy (non-hydrogen) atoms. The molecule has 13 rings (SSSR count). The van der Waals surface area contributed by atoms with Crippen LogP contribution in [-0.4, -0.2) is 232 Å². The summed E-state index contributed by atoms with van der Waals surface area (Å²) < 4.78 is 77.2. The first-order valence-corrected chi connectivity index (χ1v) is 42.4. The van der Waals surface area contributed by atoms with Crippen LogP contribution in [0.15, 0.2) is 77.7 Å². The number of cyclic esters (lactones) is 1. The smallest absolute Gasteiger partial charge is 0.407 e. The lowest BCUT2D eigenvalue weighted by molar-refractivity contribution is -0.271. The Labute approximate surface area is 731 Å². The number of ether oxygens (including phenoxy) is 8. The number of hydrogen-bond donors (Lipinski definition) is 15. The molecule has 4 aromatic heterocycles. The molecular weight excluding hydrogens is 1680 g/mol. The number of alkyl carbamates (subject to hydrolysis) is 1. The van der Waals surface area contributed by atoms with Gasteiger partial charge >= 0.3 is 24.1 Å². The lowest BCUT2D eigenvalue weighted by atomic mass is 9.81. The normalized spacial score (nSPS) is 19.4. The van der Waals surface area contributed by atoms with Gasteiger partial charge in [0.25, 0.3) is 5.56 Å². The number of nitrogens with zero attached hydrogens (tertiary/aromatic N) is 5. The number of halogens is 3. The molecule has 37 nitrogen and oxygen atoms in total. The number of carboxylic acids is 1. The lowest BCUT2D eigenvalue weighted by Gasteiger charge is -2.38. The molecule has 0 unspecified atom stereocenters. The number of carbonyl (C=O) groups excluding carboxylic acids is 7. The van der Waals surface area contributed by atoms with Crippen molar-refractivity contribution in [3.05, 3.63) is 144 Å². The van der Waals surface area contributed by atoms with Crippen molar-refractivity contribution in [1.29, 1.82) is 0 Å². The van der Waals surface area contributed by atoms with Crippen LogP contribution in [0.25, 0.3) is 55.8 Å². The largest absolute Gasteiger partial charge is 0.479 e. The first-order chi connectivity index (χ1) is 60.9. The highest BCUT2D eigenvalue weighted by Crippen LogP contribution is 2.48. The average Bonchev–Trinajstić information content (AvgIpc) is 1.58. The van der Waals surface area contributed by atoms with Crippen molar-refractivity contribution < 1.29 is 111 Å².